The van der Waals surface area contributed by atoms with Gasteiger partial charge in [-0.1, -0.05) is 0 Å². The molecule has 3 nitrogen and oxygen atoms in total. The molecule has 4 heteroatoms. The topological polar surface area (TPSA) is 38.3 Å². The average Bonchev–Trinajstić information content (AvgIpc) is 1.89. The van der Waals surface area contributed by atoms with Crippen molar-refractivity contribution in [2.45, 2.75) is 0 Å². The fourth-order valence-electron chi connectivity index (χ4n) is 0.475. The second-order valence-electron chi connectivity index (χ2n) is 1.78. The van der Waals surface area contributed by atoms with E-state index in [0.29, 0.717) is 0 Å². The molecule has 0 atom stereocenters. The number of methoxy groups -OCH3 is 1. The normalized spacial score (nSPS) is 9.40. The van der Waals surface area contributed by atoms with E-state index in [1.165, 1.54) is 7.11 Å². The van der Waals surface area contributed by atoms with Crippen LogP contribution in [0.1, 0.15) is 0 Å². The Morgan fingerprint density at radius 2 is 2.40 bits per heavy atom. The average molecular weight is 163 g/mol. The van der Waals surface area contributed by atoms with Crippen LogP contribution in [0, 0.1) is 0 Å². The Hall–Kier alpha value is -0.220. The lowest BCUT2D eigenvalue weighted by Crippen LogP contribution is -2.28. The molecule has 0 unspecified atom stereocenters. The zero-order valence-corrected chi connectivity index (χ0v) is 7.16. The third-order valence-electron chi connectivity index (χ3n) is 0.904. The number of amides is 1. The molecule has 0 aromatic carbocycles. The summed E-state index contributed by atoms with van der Waals surface area (Å²) in [6.45, 7) is 0.887. The molecule has 0 aliphatic heterocycles. The van der Waals surface area contributed by atoms with Crippen molar-refractivity contribution >= 4 is 17.7 Å². The number of rotatable bonds is 5. The van der Waals surface area contributed by atoms with Crippen LogP contribution in [0.15, 0.2) is 0 Å². The van der Waals surface area contributed by atoms with Crippen LogP contribution in [0.2, 0.25) is 0 Å². The number of hydrogen-bond donors (Lipinski definition) is 1. The second kappa shape index (κ2) is 6.89. The van der Waals surface area contributed by atoms with Crippen LogP contribution in [-0.4, -0.2) is 38.2 Å². The van der Waals surface area contributed by atoms with E-state index in [-0.39, 0.29) is 12.5 Å². The molecule has 60 valence electrons. The standard InChI is InChI=1S/C6H13NO2S/c1-9-5-6(8)7-3-4-10-2/h3-5H2,1-2H3,(H,7,8). The summed E-state index contributed by atoms with van der Waals surface area (Å²) < 4.78 is 4.62. The van der Waals surface area contributed by atoms with Gasteiger partial charge in [-0.15, -0.1) is 0 Å². The van der Waals surface area contributed by atoms with Crippen LogP contribution in [0.5, 0.6) is 0 Å². The largest absolute Gasteiger partial charge is 0.375 e. The summed E-state index contributed by atoms with van der Waals surface area (Å²) in [5.74, 6) is 0.909. The summed E-state index contributed by atoms with van der Waals surface area (Å²) in [7, 11) is 1.51. The molecule has 0 aliphatic carbocycles. The van der Waals surface area contributed by atoms with Gasteiger partial charge in [0.2, 0.25) is 5.91 Å². The first-order valence-corrected chi connectivity index (χ1v) is 4.45. The number of ether oxygens (including phenoxy) is 1. The number of thioether (sulfide) groups is 1. The highest BCUT2D eigenvalue weighted by Gasteiger charge is 1.95. The molecule has 0 fully saturated rings. The van der Waals surface area contributed by atoms with Crippen LogP contribution in [-0.2, 0) is 9.53 Å². The van der Waals surface area contributed by atoms with Crippen molar-refractivity contribution in [3.05, 3.63) is 0 Å². The molecule has 0 heterocycles. The molecule has 10 heavy (non-hydrogen) atoms. The smallest absolute Gasteiger partial charge is 0.246 e. The van der Waals surface area contributed by atoms with E-state index < -0.39 is 0 Å². The van der Waals surface area contributed by atoms with Gasteiger partial charge in [-0.05, 0) is 6.26 Å². The molecule has 1 amide bonds. The summed E-state index contributed by atoms with van der Waals surface area (Å²) in [6, 6.07) is 0. The van der Waals surface area contributed by atoms with Gasteiger partial charge in [-0.25, -0.2) is 0 Å². The Morgan fingerprint density at radius 1 is 1.70 bits per heavy atom. The minimum atomic E-state index is -0.0449. The summed E-state index contributed by atoms with van der Waals surface area (Å²) in [6.07, 6.45) is 2.00. The molecule has 0 saturated heterocycles. The fourth-order valence-corrected chi connectivity index (χ4v) is 0.781. The van der Waals surface area contributed by atoms with Crippen LogP contribution >= 0.6 is 11.8 Å². The number of nitrogens with one attached hydrogen (secondary N) is 1. The predicted octanol–water partition coefficient (Wildman–Crippen LogP) is 0.112. The molecule has 0 saturated carbocycles. The first kappa shape index (κ1) is 9.78. The highest BCUT2D eigenvalue weighted by molar-refractivity contribution is 7.98. The van der Waals surface area contributed by atoms with Crippen molar-refractivity contribution in [3.8, 4) is 0 Å². The second-order valence-corrected chi connectivity index (χ2v) is 2.76. The van der Waals surface area contributed by atoms with Gasteiger partial charge in [0.05, 0.1) is 0 Å². The van der Waals surface area contributed by atoms with Gasteiger partial charge < -0.3 is 10.1 Å². The molecular formula is C6H13NO2S. The maximum atomic E-state index is 10.7. The van der Waals surface area contributed by atoms with E-state index in [2.05, 4.69) is 10.1 Å². The predicted molar refractivity (Wildman–Crippen MR) is 43.3 cm³/mol. The maximum absolute atomic E-state index is 10.7. The van der Waals surface area contributed by atoms with E-state index in [1.54, 1.807) is 11.8 Å². The van der Waals surface area contributed by atoms with Gasteiger partial charge in [0, 0.05) is 19.4 Å². The Morgan fingerprint density at radius 3 is 2.90 bits per heavy atom. The van der Waals surface area contributed by atoms with Crippen molar-refractivity contribution in [1.29, 1.82) is 0 Å². The van der Waals surface area contributed by atoms with Gasteiger partial charge in [0.25, 0.3) is 0 Å². The van der Waals surface area contributed by atoms with Crippen molar-refractivity contribution in [1.82, 2.24) is 5.32 Å². The molecule has 0 aromatic rings. The molecule has 0 spiro atoms. The Labute approximate surface area is 65.5 Å². The minimum Gasteiger partial charge on any atom is -0.375 e. The molecule has 1 N–H and O–H groups in total. The monoisotopic (exact) mass is 163 g/mol. The molecule has 0 aromatic heterocycles. The Balaban J connectivity index is 3.05. The first-order chi connectivity index (χ1) is 4.81. The molecule has 0 aliphatic rings. The molecular weight excluding hydrogens is 150 g/mol. The van der Waals surface area contributed by atoms with Crippen LogP contribution in [0.3, 0.4) is 0 Å². The van der Waals surface area contributed by atoms with E-state index in [1.807, 2.05) is 6.26 Å². The van der Waals surface area contributed by atoms with E-state index in [4.69, 9.17) is 0 Å². The Bertz CT molecular complexity index is 97.7. The molecule has 0 bridgehead atoms. The number of carbonyl (C=O) groups is 1. The van der Waals surface area contributed by atoms with E-state index in [0.717, 1.165) is 12.3 Å². The number of hydrogen-bond acceptors (Lipinski definition) is 3. The zero-order valence-electron chi connectivity index (χ0n) is 6.35. The third-order valence-corrected chi connectivity index (χ3v) is 1.52. The molecule has 0 rings (SSSR count). The quantitative estimate of drug-likeness (QED) is 0.585. The van der Waals surface area contributed by atoms with Crippen LogP contribution in [0.25, 0.3) is 0 Å². The van der Waals surface area contributed by atoms with E-state index >= 15 is 0 Å². The van der Waals surface area contributed by atoms with Gasteiger partial charge in [-0.2, -0.15) is 11.8 Å². The summed E-state index contributed by atoms with van der Waals surface area (Å²) in [5, 5.41) is 2.70. The lowest BCUT2D eigenvalue weighted by molar-refractivity contribution is -0.124. The number of carbonyl (C=O) groups excluding carboxylic acids is 1. The SMILES string of the molecule is COCC(=O)NCCSC. The molecule has 0 radical (unpaired) electrons. The van der Waals surface area contributed by atoms with Gasteiger partial charge >= 0.3 is 0 Å². The van der Waals surface area contributed by atoms with Gasteiger partial charge in [0.1, 0.15) is 6.61 Å². The van der Waals surface area contributed by atoms with Crippen LogP contribution < -0.4 is 5.32 Å². The third kappa shape index (κ3) is 5.91. The highest BCUT2D eigenvalue weighted by Crippen LogP contribution is 1.86. The van der Waals surface area contributed by atoms with E-state index in [9.17, 15) is 4.79 Å². The maximum Gasteiger partial charge on any atom is 0.246 e. The van der Waals surface area contributed by atoms with Crippen molar-refractivity contribution in [2.75, 3.05) is 32.3 Å². The lowest BCUT2D eigenvalue weighted by atomic mass is 10.6. The van der Waals surface area contributed by atoms with Crippen molar-refractivity contribution in [2.24, 2.45) is 0 Å². The van der Waals surface area contributed by atoms with Gasteiger partial charge in [0.15, 0.2) is 0 Å². The van der Waals surface area contributed by atoms with Crippen molar-refractivity contribution < 1.29 is 9.53 Å². The van der Waals surface area contributed by atoms with Gasteiger partial charge in [-0.3, -0.25) is 4.79 Å². The van der Waals surface area contributed by atoms with Crippen molar-refractivity contribution in [3.63, 3.8) is 0 Å². The fraction of sp³-hybridized carbons (Fsp3) is 0.833. The summed E-state index contributed by atoms with van der Waals surface area (Å²) in [4.78, 5) is 10.7. The summed E-state index contributed by atoms with van der Waals surface area (Å²) >= 11 is 1.71. The lowest BCUT2D eigenvalue weighted by Gasteiger charge is -2.01. The minimum absolute atomic E-state index is 0.0449. The first-order valence-electron chi connectivity index (χ1n) is 3.06. The Kier molecular flexibility index (Phi) is 6.74. The zero-order chi connectivity index (χ0) is 7.82. The highest BCUT2D eigenvalue weighted by atomic mass is 32.2. The summed E-state index contributed by atoms with van der Waals surface area (Å²) in [5.41, 5.74) is 0. The van der Waals surface area contributed by atoms with Crippen LogP contribution in [0.4, 0.5) is 0 Å².